The fraction of sp³-hybridized carbons (Fsp3) is 0.714. The molecule has 0 radical (unpaired) electrons. The van der Waals surface area contributed by atoms with Crippen molar-refractivity contribution in [3.05, 3.63) is 11.2 Å². The molecule has 0 bridgehead atoms. The maximum atomic E-state index is 6.29. The van der Waals surface area contributed by atoms with Gasteiger partial charge in [-0.3, -0.25) is 0 Å². The molecule has 5 nitrogen and oxygen atoms in total. The zero-order valence-electron chi connectivity index (χ0n) is 11.8. The summed E-state index contributed by atoms with van der Waals surface area (Å²) in [6.07, 6.45) is 7.87. The number of piperidine rings is 1. The molecule has 0 amide bonds. The first-order chi connectivity index (χ1) is 9.78. The molecule has 2 aliphatic rings. The third-order valence-electron chi connectivity index (χ3n) is 3.98. The van der Waals surface area contributed by atoms with Crippen LogP contribution in [0.15, 0.2) is 6.20 Å². The van der Waals surface area contributed by atoms with Crippen LogP contribution < -0.4 is 15.0 Å². The lowest BCUT2D eigenvalue weighted by Crippen LogP contribution is -2.45. The SMILES string of the molecule is COc1ncc(Cl)c(N(CC2CCCCN2)C2CC2)n1. The lowest BCUT2D eigenvalue weighted by Gasteiger charge is -2.31. The van der Waals surface area contributed by atoms with E-state index in [0.717, 1.165) is 18.9 Å². The Balaban J connectivity index is 1.79. The van der Waals surface area contributed by atoms with E-state index in [1.54, 1.807) is 13.3 Å². The first-order valence-corrected chi connectivity index (χ1v) is 7.72. The fourth-order valence-electron chi connectivity index (χ4n) is 2.75. The Morgan fingerprint density at radius 1 is 1.40 bits per heavy atom. The standard InChI is InChI=1S/C14H21ClN4O/c1-20-14-17-8-12(15)13(18-14)19(11-5-6-11)9-10-4-2-3-7-16-10/h8,10-11,16H,2-7,9H2,1H3. The lowest BCUT2D eigenvalue weighted by atomic mass is 10.0. The Morgan fingerprint density at radius 3 is 2.90 bits per heavy atom. The topological polar surface area (TPSA) is 50.3 Å². The van der Waals surface area contributed by atoms with Crippen molar-refractivity contribution >= 4 is 17.4 Å². The predicted octanol–water partition coefficient (Wildman–Crippen LogP) is 2.25. The van der Waals surface area contributed by atoms with Crippen LogP contribution in [-0.4, -0.2) is 42.3 Å². The number of hydrogen-bond acceptors (Lipinski definition) is 5. The number of hydrogen-bond donors (Lipinski definition) is 1. The van der Waals surface area contributed by atoms with E-state index >= 15 is 0 Å². The largest absolute Gasteiger partial charge is 0.467 e. The van der Waals surface area contributed by atoms with Crippen LogP contribution in [0.5, 0.6) is 6.01 Å². The van der Waals surface area contributed by atoms with E-state index in [1.807, 2.05) is 0 Å². The maximum absolute atomic E-state index is 6.29. The van der Waals surface area contributed by atoms with Crippen molar-refractivity contribution in [3.8, 4) is 6.01 Å². The Bertz CT molecular complexity index is 460. The Morgan fingerprint density at radius 2 is 2.25 bits per heavy atom. The summed E-state index contributed by atoms with van der Waals surface area (Å²) in [4.78, 5) is 10.8. The second-order valence-electron chi connectivity index (χ2n) is 5.56. The van der Waals surface area contributed by atoms with Gasteiger partial charge in [0, 0.05) is 18.6 Å². The number of nitrogens with one attached hydrogen (secondary N) is 1. The van der Waals surface area contributed by atoms with Crippen molar-refractivity contribution in [2.75, 3.05) is 25.1 Å². The number of aromatic nitrogens is 2. The Labute approximate surface area is 124 Å². The lowest BCUT2D eigenvalue weighted by molar-refractivity contribution is 0.377. The minimum atomic E-state index is 0.381. The second kappa shape index (κ2) is 6.14. The van der Waals surface area contributed by atoms with Crippen molar-refractivity contribution in [1.29, 1.82) is 0 Å². The van der Waals surface area contributed by atoms with Gasteiger partial charge < -0.3 is 15.0 Å². The molecule has 2 fully saturated rings. The highest BCUT2D eigenvalue weighted by Crippen LogP contribution is 2.35. The molecule has 110 valence electrons. The highest BCUT2D eigenvalue weighted by Gasteiger charge is 2.33. The van der Waals surface area contributed by atoms with Gasteiger partial charge in [0.05, 0.1) is 13.3 Å². The Hall–Kier alpha value is -1.07. The van der Waals surface area contributed by atoms with Crippen LogP contribution in [0.25, 0.3) is 0 Å². The van der Waals surface area contributed by atoms with E-state index in [-0.39, 0.29) is 0 Å². The molecule has 20 heavy (non-hydrogen) atoms. The van der Waals surface area contributed by atoms with Crippen LogP contribution >= 0.6 is 11.6 Å². The van der Waals surface area contributed by atoms with Crippen LogP contribution in [0.2, 0.25) is 5.02 Å². The highest BCUT2D eigenvalue weighted by molar-refractivity contribution is 6.32. The first kappa shape index (κ1) is 13.9. The maximum Gasteiger partial charge on any atom is 0.318 e. The molecule has 6 heteroatoms. The van der Waals surface area contributed by atoms with Gasteiger partial charge in [-0.25, -0.2) is 4.98 Å². The second-order valence-corrected chi connectivity index (χ2v) is 5.97. The normalized spacial score (nSPS) is 22.6. The summed E-state index contributed by atoms with van der Waals surface area (Å²) in [6.45, 7) is 2.08. The summed E-state index contributed by atoms with van der Waals surface area (Å²) >= 11 is 6.29. The molecular formula is C14H21ClN4O. The molecule has 0 spiro atoms. The van der Waals surface area contributed by atoms with E-state index in [2.05, 4.69) is 20.2 Å². The molecule has 1 N–H and O–H groups in total. The molecule has 1 aromatic rings. The number of rotatable bonds is 5. The van der Waals surface area contributed by atoms with E-state index < -0.39 is 0 Å². The van der Waals surface area contributed by atoms with Gasteiger partial charge in [-0.05, 0) is 32.2 Å². The Kier molecular flexibility index (Phi) is 4.27. The zero-order chi connectivity index (χ0) is 13.9. The first-order valence-electron chi connectivity index (χ1n) is 7.34. The van der Waals surface area contributed by atoms with Crippen molar-refractivity contribution in [3.63, 3.8) is 0 Å². The third-order valence-corrected chi connectivity index (χ3v) is 4.24. The van der Waals surface area contributed by atoms with Gasteiger partial charge in [0.25, 0.3) is 0 Å². The highest BCUT2D eigenvalue weighted by atomic mass is 35.5. The van der Waals surface area contributed by atoms with Gasteiger partial charge in [-0.15, -0.1) is 0 Å². The number of anilines is 1. The van der Waals surface area contributed by atoms with Gasteiger partial charge in [0.1, 0.15) is 5.02 Å². The van der Waals surface area contributed by atoms with Crippen molar-refractivity contribution < 1.29 is 4.74 Å². The molecule has 3 rings (SSSR count). The smallest absolute Gasteiger partial charge is 0.318 e. The minimum Gasteiger partial charge on any atom is -0.467 e. The number of halogens is 1. The molecule has 1 unspecified atom stereocenters. The molecule has 1 saturated heterocycles. The average molecular weight is 297 g/mol. The van der Waals surface area contributed by atoms with E-state index in [4.69, 9.17) is 16.3 Å². The van der Waals surface area contributed by atoms with Gasteiger partial charge in [-0.1, -0.05) is 18.0 Å². The molecule has 1 atom stereocenters. The van der Waals surface area contributed by atoms with Crippen LogP contribution in [0.4, 0.5) is 5.82 Å². The zero-order valence-corrected chi connectivity index (χ0v) is 12.6. The average Bonchev–Trinajstić information content (AvgIpc) is 3.31. The summed E-state index contributed by atoms with van der Waals surface area (Å²) in [6, 6.07) is 1.48. The predicted molar refractivity (Wildman–Crippen MR) is 79.6 cm³/mol. The summed E-state index contributed by atoms with van der Waals surface area (Å²) < 4.78 is 5.13. The summed E-state index contributed by atoms with van der Waals surface area (Å²) in [5.74, 6) is 0.813. The van der Waals surface area contributed by atoms with E-state index in [1.165, 1.54) is 32.1 Å². The van der Waals surface area contributed by atoms with Crippen LogP contribution in [0.1, 0.15) is 32.1 Å². The van der Waals surface area contributed by atoms with Crippen molar-refractivity contribution in [2.24, 2.45) is 0 Å². The number of nitrogens with zero attached hydrogens (tertiary/aromatic N) is 3. The van der Waals surface area contributed by atoms with Gasteiger partial charge in [0.2, 0.25) is 0 Å². The summed E-state index contributed by atoms with van der Waals surface area (Å²) in [5, 5.41) is 4.20. The monoisotopic (exact) mass is 296 g/mol. The van der Waals surface area contributed by atoms with Gasteiger partial charge in [-0.2, -0.15) is 4.98 Å². The molecule has 1 saturated carbocycles. The van der Waals surface area contributed by atoms with Crippen molar-refractivity contribution in [2.45, 2.75) is 44.2 Å². The van der Waals surface area contributed by atoms with Crippen molar-refractivity contribution in [1.82, 2.24) is 15.3 Å². The van der Waals surface area contributed by atoms with Crippen LogP contribution in [-0.2, 0) is 0 Å². The molecular weight excluding hydrogens is 276 g/mol. The van der Waals surface area contributed by atoms with Gasteiger partial charge in [0.15, 0.2) is 5.82 Å². The van der Waals surface area contributed by atoms with Gasteiger partial charge >= 0.3 is 6.01 Å². The van der Waals surface area contributed by atoms with E-state index in [9.17, 15) is 0 Å². The van der Waals surface area contributed by atoms with E-state index in [0.29, 0.717) is 23.1 Å². The molecule has 1 aliphatic heterocycles. The van der Waals surface area contributed by atoms with Crippen LogP contribution in [0.3, 0.4) is 0 Å². The third kappa shape index (κ3) is 3.15. The molecule has 1 aromatic heterocycles. The molecule has 1 aliphatic carbocycles. The minimum absolute atomic E-state index is 0.381. The summed E-state index contributed by atoms with van der Waals surface area (Å²) in [7, 11) is 1.58. The quantitative estimate of drug-likeness (QED) is 0.903. The molecule has 2 heterocycles. The summed E-state index contributed by atoms with van der Waals surface area (Å²) in [5.41, 5.74) is 0. The number of methoxy groups -OCH3 is 1. The molecule has 0 aromatic carbocycles. The number of ether oxygens (including phenoxy) is 1. The van der Waals surface area contributed by atoms with Crippen LogP contribution in [0, 0.1) is 0 Å². The fourth-order valence-corrected chi connectivity index (χ4v) is 2.95.